The molecule has 2 atom stereocenters. The Kier molecular flexibility index (Phi) is 6.09. The van der Waals surface area contributed by atoms with Crippen LogP contribution in [0.4, 0.5) is 0 Å². The minimum atomic E-state index is -3.14. The Morgan fingerprint density at radius 1 is 1.00 bits per heavy atom. The molecule has 3 rings (SSSR count). The van der Waals surface area contributed by atoms with E-state index < -0.39 is 9.84 Å². The Bertz CT molecular complexity index is 742. The molecule has 2 heterocycles. The average Bonchev–Trinajstić information content (AvgIpc) is 2.95. The first-order valence-electron chi connectivity index (χ1n) is 9.27. The van der Waals surface area contributed by atoms with Crippen molar-refractivity contribution in [1.29, 1.82) is 0 Å². The SMILES string of the molecule is O=C(CCC(=O)c1ccccc1)NC1CS(=O)(=O)CC1N1CCCCC1. The third-order valence-corrected chi connectivity index (χ3v) is 6.92. The van der Waals surface area contributed by atoms with Crippen LogP contribution in [0.3, 0.4) is 0 Å². The van der Waals surface area contributed by atoms with Crippen LogP contribution in [0.15, 0.2) is 30.3 Å². The summed E-state index contributed by atoms with van der Waals surface area (Å²) in [6.45, 7) is 1.78. The second kappa shape index (κ2) is 8.31. The summed E-state index contributed by atoms with van der Waals surface area (Å²) in [5.74, 6) is -0.223. The van der Waals surface area contributed by atoms with Crippen molar-refractivity contribution < 1.29 is 18.0 Å². The van der Waals surface area contributed by atoms with Gasteiger partial charge in [0.2, 0.25) is 5.91 Å². The van der Waals surface area contributed by atoms with Crippen LogP contribution in [0.5, 0.6) is 0 Å². The molecule has 0 spiro atoms. The van der Waals surface area contributed by atoms with E-state index >= 15 is 0 Å². The molecule has 6 nitrogen and oxygen atoms in total. The molecule has 1 aromatic rings. The lowest BCUT2D eigenvalue weighted by Crippen LogP contribution is -2.52. The van der Waals surface area contributed by atoms with Gasteiger partial charge in [-0.15, -0.1) is 0 Å². The molecule has 1 N–H and O–H groups in total. The molecule has 1 aromatic carbocycles. The zero-order chi connectivity index (χ0) is 18.6. The molecule has 0 bridgehead atoms. The van der Waals surface area contributed by atoms with Gasteiger partial charge in [-0.3, -0.25) is 14.5 Å². The van der Waals surface area contributed by atoms with Crippen LogP contribution in [-0.2, 0) is 14.6 Å². The van der Waals surface area contributed by atoms with Crippen LogP contribution >= 0.6 is 0 Å². The predicted molar refractivity (Wildman–Crippen MR) is 99.8 cm³/mol. The predicted octanol–water partition coefficient (Wildman–Crippen LogP) is 1.42. The fourth-order valence-corrected chi connectivity index (χ4v) is 5.80. The minimum absolute atomic E-state index is 0.00740. The van der Waals surface area contributed by atoms with E-state index in [2.05, 4.69) is 10.2 Å². The lowest BCUT2D eigenvalue weighted by molar-refractivity contribution is -0.122. The number of ketones is 1. The number of carbonyl (C=O) groups is 2. The number of sulfone groups is 1. The highest BCUT2D eigenvalue weighted by molar-refractivity contribution is 7.91. The Balaban J connectivity index is 1.55. The number of piperidine rings is 1. The van der Waals surface area contributed by atoms with Gasteiger partial charge < -0.3 is 5.32 Å². The monoisotopic (exact) mass is 378 g/mol. The molecule has 2 aliphatic heterocycles. The molecular weight excluding hydrogens is 352 g/mol. The molecule has 2 unspecified atom stereocenters. The Morgan fingerprint density at radius 3 is 2.38 bits per heavy atom. The maximum atomic E-state index is 12.3. The van der Waals surface area contributed by atoms with Gasteiger partial charge in [0.05, 0.1) is 17.5 Å². The minimum Gasteiger partial charge on any atom is -0.351 e. The zero-order valence-corrected chi connectivity index (χ0v) is 15.7. The molecule has 142 valence electrons. The summed E-state index contributed by atoms with van der Waals surface area (Å²) in [6, 6.07) is 8.36. The molecule has 0 aliphatic carbocycles. The molecule has 26 heavy (non-hydrogen) atoms. The fourth-order valence-electron chi connectivity index (χ4n) is 3.85. The second-order valence-corrected chi connectivity index (χ2v) is 9.36. The van der Waals surface area contributed by atoms with Crippen molar-refractivity contribution >= 4 is 21.5 Å². The molecule has 2 saturated heterocycles. The van der Waals surface area contributed by atoms with Crippen molar-refractivity contribution in [2.75, 3.05) is 24.6 Å². The van der Waals surface area contributed by atoms with E-state index in [-0.39, 0.29) is 48.1 Å². The lowest BCUT2D eigenvalue weighted by Gasteiger charge is -2.35. The molecule has 2 fully saturated rings. The highest BCUT2D eigenvalue weighted by Crippen LogP contribution is 2.22. The summed E-state index contributed by atoms with van der Waals surface area (Å²) in [4.78, 5) is 26.6. The quantitative estimate of drug-likeness (QED) is 0.757. The third-order valence-electron chi connectivity index (χ3n) is 5.20. The van der Waals surface area contributed by atoms with Crippen molar-refractivity contribution in [2.45, 2.75) is 44.2 Å². The van der Waals surface area contributed by atoms with Crippen molar-refractivity contribution in [2.24, 2.45) is 0 Å². The van der Waals surface area contributed by atoms with Gasteiger partial charge in [-0.2, -0.15) is 0 Å². The summed E-state index contributed by atoms with van der Waals surface area (Å²) in [6.07, 6.45) is 3.53. The van der Waals surface area contributed by atoms with Crippen molar-refractivity contribution in [1.82, 2.24) is 10.2 Å². The molecule has 2 aliphatic rings. The van der Waals surface area contributed by atoms with E-state index in [4.69, 9.17) is 0 Å². The summed E-state index contributed by atoms with van der Waals surface area (Å²) in [5.41, 5.74) is 0.593. The van der Waals surface area contributed by atoms with Crippen LogP contribution in [0.1, 0.15) is 42.5 Å². The Hall–Kier alpha value is -1.73. The summed E-state index contributed by atoms with van der Waals surface area (Å²) < 4.78 is 24.2. The van der Waals surface area contributed by atoms with Gasteiger partial charge in [-0.1, -0.05) is 36.8 Å². The van der Waals surface area contributed by atoms with Crippen molar-refractivity contribution in [3.05, 3.63) is 35.9 Å². The molecule has 7 heteroatoms. The Labute approximate surface area is 154 Å². The largest absolute Gasteiger partial charge is 0.351 e. The number of benzene rings is 1. The van der Waals surface area contributed by atoms with Gasteiger partial charge in [-0.05, 0) is 25.9 Å². The number of nitrogens with zero attached hydrogens (tertiary/aromatic N) is 1. The molecule has 0 radical (unpaired) electrons. The topological polar surface area (TPSA) is 83.5 Å². The van der Waals surface area contributed by atoms with Crippen molar-refractivity contribution in [3.63, 3.8) is 0 Å². The number of amides is 1. The van der Waals surface area contributed by atoms with Crippen molar-refractivity contribution in [3.8, 4) is 0 Å². The second-order valence-electron chi connectivity index (χ2n) is 7.20. The number of hydrogen-bond acceptors (Lipinski definition) is 5. The van der Waals surface area contributed by atoms with E-state index in [1.54, 1.807) is 24.3 Å². The van der Waals surface area contributed by atoms with Gasteiger partial charge in [-0.25, -0.2) is 8.42 Å². The summed E-state index contributed by atoms with van der Waals surface area (Å²) in [7, 11) is -3.14. The van der Waals surface area contributed by atoms with Crippen LogP contribution in [0.25, 0.3) is 0 Å². The van der Waals surface area contributed by atoms with Gasteiger partial charge in [0, 0.05) is 24.4 Å². The number of rotatable bonds is 6. The number of nitrogens with one attached hydrogen (secondary N) is 1. The number of hydrogen-bond donors (Lipinski definition) is 1. The van der Waals surface area contributed by atoms with E-state index in [1.165, 1.54) is 6.42 Å². The van der Waals surface area contributed by atoms with Gasteiger partial charge in [0.1, 0.15) is 0 Å². The lowest BCUT2D eigenvalue weighted by atomic mass is 10.0. The average molecular weight is 378 g/mol. The van der Waals surface area contributed by atoms with Gasteiger partial charge >= 0.3 is 0 Å². The molecule has 1 amide bonds. The highest BCUT2D eigenvalue weighted by Gasteiger charge is 2.41. The first kappa shape index (κ1) is 19.0. The smallest absolute Gasteiger partial charge is 0.220 e. The van der Waals surface area contributed by atoms with E-state index in [9.17, 15) is 18.0 Å². The van der Waals surface area contributed by atoms with E-state index in [0.29, 0.717) is 5.56 Å². The van der Waals surface area contributed by atoms with E-state index in [0.717, 1.165) is 25.9 Å². The van der Waals surface area contributed by atoms with Crippen LogP contribution in [0, 0.1) is 0 Å². The number of likely N-dealkylation sites (tertiary alicyclic amines) is 1. The standard InChI is InChI=1S/C19H26N2O4S/c22-18(15-7-3-1-4-8-15)9-10-19(23)20-16-13-26(24,25)14-17(16)21-11-5-2-6-12-21/h1,3-4,7-8,16-17H,2,5-6,9-14H2,(H,20,23). The third kappa shape index (κ3) is 4.92. The molecular formula is C19H26N2O4S. The maximum Gasteiger partial charge on any atom is 0.220 e. The first-order valence-corrected chi connectivity index (χ1v) is 11.1. The maximum absolute atomic E-state index is 12.3. The van der Waals surface area contributed by atoms with Crippen LogP contribution in [0.2, 0.25) is 0 Å². The first-order chi connectivity index (χ1) is 12.4. The Morgan fingerprint density at radius 2 is 1.69 bits per heavy atom. The van der Waals surface area contributed by atoms with E-state index in [1.807, 2.05) is 6.07 Å². The molecule has 0 aromatic heterocycles. The summed E-state index contributed by atoms with van der Waals surface area (Å²) >= 11 is 0. The summed E-state index contributed by atoms with van der Waals surface area (Å²) in [5, 5.41) is 2.88. The van der Waals surface area contributed by atoms with Crippen LogP contribution in [-0.4, -0.2) is 61.7 Å². The van der Waals surface area contributed by atoms with Crippen LogP contribution < -0.4 is 5.32 Å². The van der Waals surface area contributed by atoms with Gasteiger partial charge in [0.15, 0.2) is 15.6 Å². The zero-order valence-electron chi connectivity index (χ0n) is 14.9. The number of carbonyl (C=O) groups excluding carboxylic acids is 2. The number of Topliss-reactive ketones (excluding diaryl/α,β-unsaturated/α-hetero) is 1. The highest BCUT2D eigenvalue weighted by atomic mass is 32.2. The fraction of sp³-hybridized carbons (Fsp3) is 0.579. The molecule has 0 saturated carbocycles. The normalized spacial score (nSPS) is 25.7. The van der Waals surface area contributed by atoms with Gasteiger partial charge in [0.25, 0.3) is 0 Å².